The van der Waals surface area contributed by atoms with Crippen molar-refractivity contribution < 1.29 is 18.6 Å². The van der Waals surface area contributed by atoms with Crippen LogP contribution in [0, 0.1) is 5.82 Å². The molecule has 0 aliphatic heterocycles. The Morgan fingerprint density at radius 1 is 1.00 bits per heavy atom. The average Bonchev–Trinajstić information content (AvgIpc) is 2.78. The summed E-state index contributed by atoms with van der Waals surface area (Å²) in [5, 5.41) is 3.96. The van der Waals surface area contributed by atoms with E-state index in [4.69, 9.17) is 25.8 Å². The summed E-state index contributed by atoms with van der Waals surface area (Å²) in [4.78, 5) is 4.13. The van der Waals surface area contributed by atoms with E-state index in [0.717, 1.165) is 24.1 Å². The number of hydrogen-bond donors (Lipinski definition) is 1. The smallest absolute Gasteiger partial charge is 0.213 e. The van der Waals surface area contributed by atoms with Gasteiger partial charge < -0.3 is 19.5 Å². The van der Waals surface area contributed by atoms with E-state index in [1.807, 2.05) is 31.2 Å². The summed E-state index contributed by atoms with van der Waals surface area (Å²) >= 11 is 6.47. The fraction of sp³-hybridized carbons (Fsp3) is 0.292. The second-order valence-electron chi connectivity index (χ2n) is 6.79. The van der Waals surface area contributed by atoms with Gasteiger partial charge in [0.15, 0.2) is 11.5 Å². The zero-order valence-corrected chi connectivity index (χ0v) is 18.2. The van der Waals surface area contributed by atoms with Crippen molar-refractivity contribution >= 4 is 11.6 Å². The van der Waals surface area contributed by atoms with Crippen LogP contribution in [0.25, 0.3) is 0 Å². The molecule has 0 radical (unpaired) electrons. The second-order valence-corrected chi connectivity index (χ2v) is 7.19. The van der Waals surface area contributed by atoms with Gasteiger partial charge >= 0.3 is 0 Å². The number of halogens is 2. The van der Waals surface area contributed by atoms with Crippen molar-refractivity contribution in [2.75, 3.05) is 19.8 Å². The van der Waals surface area contributed by atoms with Crippen molar-refractivity contribution in [2.45, 2.75) is 26.5 Å². The molecule has 31 heavy (non-hydrogen) atoms. The third-order valence-corrected chi connectivity index (χ3v) is 4.77. The Morgan fingerprint density at radius 3 is 2.55 bits per heavy atom. The molecule has 1 aromatic heterocycles. The highest BCUT2D eigenvalue weighted by Crippen LogP contribution is 2.34. The maximum Gasteiger partial charge on any atom is 0.213 e. The number of pyridine rings is 1. The lowest BCUT2D eigenvalue weighted by Gasteiger charge is -2.15. The minimum absolute atomic E-state index is 0.276. The zero-order valence-electron chi connectivity index (χ0n) is 17.4. The normalized spacial score (nSPS) is 10.7. The van der Waals surface area contributed by atoms with Gasteiger partial charge in [0.2, 0.25) is 5.88 Å². The first-order valence-electron chi connectivity index (χ1n) is 10.2. The van der Waals surface area contributed by atoms with E-state index < -0.39 is 0 Å². The molecular formula is C24H26ClFN2O3. The highest BCUT2D eigenvalue weighted by Gasteiger charge is 2.12. The van der Waals surface area contributed by atoms with Crippen molar-refractivity contribution in [1.29, 1.82) is 0 Å². The van der Waals surface area contributed by atoms with Crippen molar-refractivity contribution in [1.82, 2.24) is 10.3 Å². The maximum atomic E-state index is 13.1. The number of benzene rings is 2. The number of nitrogens with zero attached hydrogens (tertiary/aromatic N) is 1. The number of nitrogens with one attached hydrogen (secondary N) is 1. The lowest BCUT2D eigenvalue weighted by Crippen LogP contribution is -2.17. The molecule has 0 spiro atoms. The predicted molar refractivity (Wildman–Crippen MR) is 119 cm³/mol. The Bertz CT molecular complexity index is 940. The van der Waals surface area contributed by atoms with Crippen molar-refractivity contribution in [3.8, 4) is 17.4 Å². The molecule has 0 saturated carbocycles. The van der Waals surface area contributed by atoms with E-state index in [-0.39, 0.29) is 5.82 Å². The van der Waals surface area contributed by atoms with Crippen LogP contribution >= 0.6 is 11.6 Å². The van der Waals surface area contributed by atoms with Gasteiger partial charge in [-0.1, -0.05) is 29.8 Å². The number of hydrogen-bond acceptors (Lipinski definition) is 5. The topological polar surface area (TPSA) is 52.6 Å². The summed E-state index contributed by atoms with van der Waals surface area (Å²) in [6, 6.07) is 15.4. The van der Waals surface area contributed by atoms with Crippen LogP contribution < -0.4 is 19.5 Å². The SMILES string of the molecule is CCOc1cc(CNCCCOc2ccccn2)c(Cl)cc1OCc1ccc(F)cc1. The summed E-state index contributed by atoms with van der Waals surface area (Å²) in [6.07, 6.45) is 2.55. The lowest BCUT2D eigenvalue weighted by molar-refractivity contribution is 0.269. The summed E-state index contributed by atoms with van der Waals surface area (Å²) < 4.78 is 30.3. The minimum Gasteiger partial charge on any atom is -0.490 e. The third-order valence-electron chi connectivity index (χ3n) is 4.42. The van der Waals surface area contributed by atoms with E-state index in [9.17, 15) is 4.39 Å². The first kappa shape index (κ1) is 22.8. The van der Waals surface area contributed by atoms with Crippen LogP contribution in [0.15, 0.2) is 60.8 Å². The molecule has 1 N–H and O–H groups in total. The quantitative estimate of drug-likeness (QED) is 0.378. The van der Waals surface area contributed by atoms with Crippen molar-refractivity contribution in [3.05, 3.63) is 82.8 Å². The molecule has 3 aromatic rings. The molecule has 0 aliphatic carbocycles. The average molecular weight is 445 g/mol. The fourth-order valence-corrected chi connectivity index (χ4v) is 3.09. The van der Waals surface area contributed by atoms with Gasteiger partial charge in [-0.15, -0.1) is 0 Å². The molecule has 0 aliphatic rings. The molecule has 0 amide bonds. The van der Waals surface area contributed by atoms with Gasteiger partial charge in [0, 0.05) is 29.9 Å². The minimum atomic E-state index is -0.276. The van der Waals surface area contributed by atoms with Crippen molar-refractivity contribution in [2.24, 2.45) is 0 Å². The van der Waals surface area contributed by atoms with Crippen molar-refractivity contribution in [3.63, 3.8) is 0 Å². The molecule has 3 rings (SSSR count). The Balaban J connectivity index is 1.50. The Morgan fingerprint density at radius 2 is 1.81 bits per heavy atom. The second kappa shape index (κ2) is 12.1. The lowest BCUT2D eigenvalue weighted by atomic mass is 10.2. The van der Waals surface area contributed by atoms with Crippen LogP contribution in [0.1, 0.15) is 24.5 Å². The maximum absolute atomic E-state index is 13.1. The van der Waals surface area contributed by atoms with Gasteiger partial charge in [-0.05, 0) is 55.3 Å². The van der Waals surface area contributed by atoms with Gasteiger partial charge in [0.05, 0.1) is 13.2 Å². The molecule has 0 saturated heterocycles. The Hall–Kier alpha value is -2.83. The molecule has 0 bridgehead atoms. The zero-order chi connectivity index (χ0) is 21.9. The molecule has 0 unspecified atom stereocenters. The van der Waals surface area contributed by atoms with Crippen LogP contribution in [0.3, 0.4) is 0 Å². The van der Waals surface area contributed by atoms with Gasteiger partial charge in [0.25, 0.3) is 0 Å². The van der Waals surface area contributed by atoms with Gasteiger partial charge in [-0.3, -0.25) is 0 Å². The Labute approximate surface area is 187 Å². The molecule has 1 heterocycles. The molecular weight excluding hydrogens is 419 g/mol. The number of aromatic nitrogens is 1. The van der Waals surface area contributed by atoms with Crippen LogP contribution in [-0.4, -0.2) is 24.7 Å². The first-order valence-corrected chi connectivity index (χ1v) is 10.6. The van der Waals surface area contributed by atoms with E-state index >= 15 is 0 Å². The largest absolute Gasteiger partial charge is 0.490 e. The van der Waals surface area contributed by atoms with Crippen LogP contribution in [-0.2, 0) is 13.2 Å². The molecule has 164 valence electrons. The van der Waals surface area contributed by atoms with Gasteiger partial charge in [-0.2, -0.15) is 0 Å². The van der Waals surface area contributed by atoms with Crippen LogP contribution in [0.5, 0.6) is 17.4 Å². The molecule has 2 aromatic carbocycles. The first-order chi connectivity index (χ1) is 15.2. The number of rotatable bonds is 12. The predicted octanol–water partition coefficient (Wildman–Crippen LogP) is 5.41. The van der Waals surface area contributed by atoms with Gasteiger partial charge in [-0.25, -0.2) is 9.37 Å². The summed E-state index contributed by atoms with van der Waals surface area (Å²) in [6.45, 7) is 4.67. The summed E-state index contributed by atoms with van der Waals surface area (Å²) in [7, 11) is 0. The summed E-state index contributed by atoms with van der Waals surface area (Å²) in [5.41, 5.74) is 1.78. The van der Waals surface area contributed by atoms with E-state index in [2.05, 4.69) is 10.3 Å². The van der Waals surface area contributed by atoms with E-state index in [1.54, 1.807) is 24.4 Å². The summed E-state index contributed by atoms with van der Waals surface area (Å²) in [5.74, 6) is 1.54. The highest BCUT2D eigenvalue weighted by molar-refractivity contribution is 6.31. The van der Waals surface area contributed by atoms with E-state index in [0.29, 0.717) is 48.8 Å². The molecule has 5 nitrogen and oxygen atoms in total. The Kier molecular flexibility index (Phi) is 8.94. The molecule has 7 heteroatoms. The monoisotopic (exact) mass is 444 g/mol. The third kappa shape index (κ3) is 7.42. The molecule has 0 fully saturated rings. The van der Waals surface area contributed by atoms with Crippen LogP contribution in [0.4, 0.5) is 4.39 Å². The fourth-order valence-electron chi connectivity index (χ4n) is 2.86. The van der Waals surface area contributed by atoms with Gasteiger partial charge in [0.1, 0.15) is 12.4 Å². The van der Waals surface area contributed by atoms with E-state index in [1.165, 1.54) is 12.1 Å². The number of ether oxygens (including phenoxy) is 3. The highest BCUT2D eigenvalue weighted by atomic mass is 35.5. The molecule has 0 atom stereocenters. The standard InChI is InChI=1S/C24H26ClFN2O3/c1-2-29-22-14-19(16-27-11-5-13-30-24-6-3-4-12-28-24)21(25)15-23(22)31-17-18-7-9-20(26)10-8-18/h3-4,6-10,12,14-15,27H,2,5,11,13,16-17H2,1H3. The van der Waals surface area contributed by atoms with Crippen LogP contribution in [0.2, 0.25) is 5.02 Å².